The largest absolute Gasteiger partial charge is 0.396 e. The zero-order chi connectivity index (χ0) is 17.9. The Bertz CT molecular complexity index is 1040. The normalized spacial score (nSPS) is 11.2. The van der Waals surface area contributed by atoms with Gasteiger partial charge in [-0.2, -0.15) is 0 Å². The van der Waals surface area contributed by atoms with Crippen molar-refractivity contribution in [3.05, 3.63) is 66.5 Å². The van der Waals surface area contributed by atoms with Gasteiger partial charge in [-0.1, -0.05) is 48.5 Å². The molecule has 1 N–H and O–H groups in total. The third-order valence-electron chi connectivity index (χ3n) is 4.57. The average molecular weight is 344 g/mol. The van der Waals surface area contributed by atoms with Crippen LogP contribution in [0.3, 0.4) is 0 Å². The second-order valence-corrected chi connectivity index (χ2v) is 6.33. The molecule has 0 amide bonds. The van der Waals surface area contributed by atoms with E-state index >= 15 is 0 Å². The van der Waals surface area contributed by atoms with E-state index in [-0.39, 0.29) is 6.61 Å². The zero-order valence-corrected chi connectivity index (χ0v) is 14.6. The van der Waals surface area contributed by atoms with Crippen LogP contribution in [0.25, 0.3) is 33.5 Å². The average Bonchev–Trinajstić information content (AvgIpc) is 3.12. The van der Waals surface area contributed by atoms with Gasteiger partial charge in [0.2, 0.25) is 0 Å². The SMILES string of the molecule is Cn1ccnc1-c1nnc(-c2ccc(CCCO)cc2)c2ccccc12. The second kappa shape index (κ2) is 7.06. The van der Waals surface area contributed by atoms with Crippen molar-refractivity contribution < 1.29 is 5.11 Å². The van der Waals surface area contributed by atoms with E-state index in [9.17, 15) is 0 Å². The van der Waals surface area contributed by atoms with E-state index in [2.05, 4.69) is 51.6 Å². The van der Waals surface area contributed by atoms with Gasteiger partial charge in [-0.15, -0.1) is 10.2 Å². The zero-order valence-electron chi connectivity index (χ0n) is 14.6. The van der Waals surface area contributed by atoms with Crippen LogP contribution in [-0.4, -0.2) is 31.5 Å². The molecule has 0 radical (unpaired) electrons. The Morgan fingerprint density at radius 3 is 2.27 bits per heavy atom. The first kappa shape index (κ1) is 16.4. The molecule has 0 aliphatic heterocycles. The van der Waals surface area contributed by atoms with Crippen molar-refractivity contribution in [2.45, 2.75) is 12.8 Å². The van der Waals surface area contributed by atoms with Crippen LogP contribution in [0, 0.1) is 0 Å². The standard InChI is InChI=1S/C21H20N4O/c1-25-13-12-22-21(25)20-18-7-3-2-6-17(18)19(23-24-20)16-10-8-15(9-11-16)5-4-14-26/h2-3,6-13,26H,4-5,14H2,1H3. The van der Waals surface area contributed by atoms with Crippen molar-refractivity contribution in [1.29, 1.82) is 0 Å². The maximum atomic E-state index is 8.98. The summed E-state index contributed by atoms with van der Waals surface area (Å²) in [6.07, 6.45) is 5.33. The number of rotatable bonds is 5. The Labute approximate surface area is 152 Å². The molecule has 0 fully saturated rings. The summed E-state index contributed by atoms with van der Waals surface area (Å²) in [7, 11) is 1.96. The highest BCUT2D eigenvalue weighted by molar-refractivity contribution is 6.00. The van der Waals surface area contributed by atoms with Crippen molar-refractivity contribution in [2.75, 3.05) is 6.61 Å². The van der Waals surface area contributed by atoms with Gasteiger partial charge in [-0.05, 0) is 18.4 Å². The number of hydrogen-bond donors (Lipinski definition) is 1. The van der Waals surface area contributed by atoms with Crippen molar-refractivity contribution in [2.24, 2.45) is 7.05 Å². The predicted octanol–water partition coefficient (Wildman–Crippen LogP) is 3.62. The Kier molecular flexibility index (Phi) is 4.46. The van der Waals surface area contributed by atoms with E-state index in [0.29, 0.717) is 0 Å². The van der Waals surface area contributed by atoms with Crippen LogP contribution >= 0.6 is 0 Å². The molecule has 2 heterocycles. The Morgan fingerprint density at radius 1 is 0.923 bits per heavy atom. The van der Waals surface area contributed by atoms with Gasteiger partial charge in [0.15, 0.2) is 5.82 Å². The van der Waals surface area contributed by atoms with Crippen LogP contribution in [0.5, 0.6) is 0 Å². The van der Waals surface area contributed by atoms with Gasteiger partial charge in [0.25, 0.3) is 0 Å². The minimum atomic E-state index is 0.215. The van der Waals surface area contributed by atoms with Crippen LogP contribution in [0.2, 0.25) is 0 Å². The third-order valence-corrected chi connectivity index (χ3v) is 4.57. The lowest BCUT2D eigenvalue weighted by Crippen LogP contribution is -1.99. The van der Waals surface area contributed by atoms with Crippen LogP contribution in [0.1, 0.15) is 12.0 Å². The number of imidazole rings is 1. The molecule has 2 aromatic heterocycles. The number of aryl methyl sites for hydroxylation is 2. The predicted molar refractivity (Wildman–Crippen MR) is 103 cm³/mol. The number of benzene rings is 2. The molecule has 0 spiro atoms. The molecule has 4 aromatic rings. The molecule has 0 atom stereocenters. The highest BCUT2D eigenvalue weighted by atomic mass is 16.2. The molecular weight excluding hydrogens is 324 g/mol. The summed E-state index contributed by atoms with van der Waals surface area (Å²) in [6, 6.07) is 16.5. The Morgan fingerprint density at radius 2 is 1.62 bits per heavy atom. The molecule has 2 aromatic carbocycles. The summed E-state index contributed by atoms with van der Waals surface area (Å²) in [5, 5.41) is 20.1. The van der Waals surface area contributed by atoms with Gasteiger partial charge in [-0.3, -0.25) is 0 Å². The molecule has 0 aliphatic rings. The number of hydrogen-bond acceptors (Lipinski definition) is 4. The lowest BCUT2D eigenvalue weighted by molar-refractivity contribution is 0.288. The van der Waals surface area contributed by atoms with Crippen LogP contribution in [-0.2, 0) is 13.5 Å². The lowest BCUT2D eigenvalue weighted by atomic mass is 10.0. The minimum Gasteiger partial charge on any atom is -0.396 e. The summed E-state index contributed by atoms with van der Waals surface area (Å²) in [4.78, 5) is 4.42. The third kappa shape index (κ3) is 2.97. The maximum Gasteiger partial charge on any atom is 0.160 e. The van der Waals surface area contributed by atoms with Crippen molar-refractivity contribution in [3.63, 3.8) is 0 Å². The summed E-state index contributed by atoms with van der Waals surface area (Å²) in [5.74, 6) is 0.805. The first-order valence-corrected chi connectivity index (χ1v) is 8.71. The van der Waals surface area contributed by atoms with Crippen LogP contribution in [0.4, 0.5) is 0 Å². The lowest BCUT2D eigenvalue weighted by Gasteiger charge is -2.10. The van der Waals surface area contributed by atoms with Crippen LogP contribution in [0.15, 0.2) is 60.9 Å². The first-order valence-electron chi connectivity index (χ1n) is 8.71. The van der Waals surface area contributed by atoms with Gasteiger partial charge in [0, 0.05) is 42.4 Å². The number of aliphatic hydroxyl groups excluding tert-OH is 1. The second-order valence-electron chi connectivity index (χ2n) is 6.33. The smallest absolute Gasteiger partial charge is 0.160 e. The van der Waals surface area contributed by atoms with E-state index in [1.165, 1.54) is 5.56 Å². The summed E-state index contributed by atoms with van der Waals surface area (Å²) >= 11 is 0. The highest BCUT2D eigenvalue weighted by Gasteiger charge is 2.14. The van der Waals surface area contributed by atoms with E-state index in [1.807, 2.05) is 29.9 Å². The van der Waals surface area contributed by atoms with Crippen molar-refractivity contribution >= 4 is 10.8 Å². The summed E-state index contributed by atoms with van der Waals surface area (Å²) in [5.41, 5.74) is 3.90. The molecule has 26 heavy (non-hydrogen) atoms. The summed E-state index contributed by atoms with van der Waals surface area (Å²) < 4.78 is 1.95. The molecule has 0 saturated carbocycles. The van der Waals surface area contributed by atoms with Gasteiger partial charge < -0.3 is 9.67 Å². The van der Waals surface area contributed by atoms with E-state index in [1.54, 1.807) is 6.20 Å². The van der Waals surface area contributed by atoms with Crippen LogP contribution < -0.4 is 0 Å². The minimum absolute atomic E-state index is 0.215. The van der Waals surface area contributed by atoms with Gasteiger partial charge in [-0.25, -0.2) is 4.98 Å². The molecule has 5 nitrogen and oxygen atoms in total. The molecule has 0 aliphatic carbocycles. The van der Waals surface area contributed by atoms with E-state index in [0.717, 1.165) is 46.4 Å². The van der Waals surface area contributed by atoms with Gasteiger partial charge >= 0.3 is 0 Å². The molecule has 0 saturated heterocycles. The first-order chi connectivity index (χ1) is 12.8. The highest BCUT2D eigenvalue weighted by Crippen LogP contribution is 2.31. The van der Waals surface area contributed by atoms with Crippen molar-refractivity contribution in [1.82, 2.24) is 19.7 Å². The molecule has 0 bridgehead atoms. The van der Waals surface area contributed by atoms with Gasteiger partial charge in [0.1, 0.15) is 11.4 Å². The molecule has 130 valence electrons. The topological polar surface area (TPSA) is 63.8 Å². The molecule has 5 heteroatoms. The Hall–Kier alpha value is -3.05. The fraction of sp³-hybridized carbons (Fsp3) is 0.190. The number of aliphatic hydroxyl groups is 1. The Balaban J connectivity index is 1.81. The number of fused-ring (bicyclic) bond motifs is 1. The molecule has 4 rings (SSSR count). The number of nitrogens with zero attached hydrogens (tertiary/aromatic N) is 4. The number of aromatic nitrogens is 4. The monoisotopic (exact) mass is 344 g/mol. The van der Waals surface area contributed by atoms with Crippen molar-refractivity contribution in [3.8, 4) is 22.8 Å². The summed E-state index contributed by atoms with van der Waals surface area (Å²) in [6.45, 7) is 0.215. The van der Waals surface area contributed by atoms with Gasteiger partial charge in [0.05, 0.1) is 0 Å². The fourth-order valence-electron chi connectivity index (χ4n) is 3.19. The maximum absolute atomic E-state index is 8.98. The fourth-order valence-corrected chi connectivity index (χ4v) is 3.19. The quantitative estimate of drug-likeness (QED) is 0.600. The van der Waals surface area contributed by atoms with E-state index < -0.39 is 0 Å². The van der Waals surface area contributed by atoms with E-state index in [4.69, 9.17) is 5.11 Å². The molecular formula is C21H20N4O. The molecule has 0 unspecified atom stereocenters.